The number of amides is 1. The fourth-order valence-electron chi connectivity index (χ4n) is 3.10. The Balaban J connectivity index is 0.00000225. The average molecular weight is 388 g/mol. The minimum atomic E-state index is 0. The summed E-state index contributed by atoms with van der Waals surface area (Å²) in [6, 6.07) is 5.89. The monoisotopic (exact) mass is 387 g/mol. The molecule has 2 aliphatic rings. The van der Waals surface area contributed by atoms with Gasteiger partial charge in [-0.3, -0.25) is 9.69 Å². The number of rotatable bonds is 7. The molecule has 1 saturated heterocycles. The highest BCUT2D eigenvalue weighted by Crippen LogP contribution is 2.28. The molecule has 1 aromatic rings. The summed E-state index contributed by atoms with van der Waals surface area (Å²) >= 11 is 6.08. The van der Waals surface area contributed by atoms with Crippen LogP contribution in [-0.4, -0.2) is 50.1 Å². The second kappa shape index (κ2) is 9.62. The predicted molar refractivity (Wildman–Crippen MR) is 104 cm³/mol. The van der Waals surface area contributed by atoms with Crippen molar-refractivity contribution in [2.75, 3.05) is 38.6 Å². The first kappa shape index (κ1) is 20.3. The standard InChI is InChI=1S/C18H26ClN3O2.ClH/c1-24-17-5-4-15(10-16(17)19)21-18(23)12-22-8-6-14(7-9-22)20-11-13-2-3-13;/h4-5,10,13-14,20H,2-3,6-9,11-12H2,1H3,(H,21,23);1H. The third-order valence-electron chi connectivity index (χ3n) is 4.78. The zero-order valence-corrected chi connectivity index (χ0v) is 16.2. The van der Waals surface area contributed by atoms with Gasteiger partial charge in [-0.05, 0) is 56.3 Å². The van der Waals surface area contributed by atoms with Crippen LogP contribution in [0, 0.1) is 5.92 Å². The molecule has 140 valence electrons. The van der Waals surface area contributed by atoms with E-state index in [2.05, 4.69) is 15.5 Å². The number of halogens is 2. The van der Waals surface area contributed by atoms with Gasteiger partial charge in [-0.15, -0.1) is 12.4 Å². The fraction of sp³-hybridized carbons (Fsp3) is 0.611. The topological polar surface area (TPSA) is 53.6 Å². The third-order valence-corrected chi connectivity index (χ3v) is 5.08. The van der Waals surface area contributed by atoms with Gasteiger partial charge in [0, 0.05) is 24.8 Å². The summed E-state index contributed by atoms with van der Waals surface area (Å²) in [6.45, 7) is 3.54. The molecule has 0 bridgehead atoms. The number of nitrogens with zero attached hydrogens (tertiary/aromatic N) is 1. The Morgan fingerprint density at radius 1 is 1.28 bits per heavy atom. The smallest absolute Gasteiger partial charge is 0.238 e. The van der Waals surface area contributed by atoms with Gasteiger partial charge in [-0.1, -0.05) is 11.6 Å². The minimum absolute atomic E-state index is 0. The number of piperidine rings is 1. The Bertz CT molecular complexity index is 573. The van der Waals surface area contributed by atoms with E-state index in [4.69, 9.17) is 16.3 Å². The molecule has 0 radical (unpaired) electrons. The third kappa shape index (κ3) is 6.33. The van der Waals surface area contributed by atoms with E-state index in [9.17, 15) is 4.79 Å². The van der Waals surface area contributed by atoms with Crippen molar-refractivity contribution in [1.29, 1.82) is 0 Å². The Morgan fingerprint density at radius 2 is 2.00 bits per heavy atom. The molecule has 0 spiro atoms. The minimum Gasteiger partial charge on any atom is -0.495 e. The molecule has 25 heavy (non-hydrogen) atoms. The van der Waals surface area contributed by atoms with Crippen LogP contribution in [0.4, 0.5) is 5.69 Å². The Labute approximate surface area is 160 Å². The summed E-state index contributed by atoms with van der Waals surface area (Å²) in [6.07, 6.45) is 5.02. The lowest BCUT2D eigenvalue weighted by molar-refractivity contribution is -0.117. The summed E-state index contributed by atoms with van der Waals surface area (Å²) in [4.78, 5) is 14.4. The molecule has 1 aliphatic carbocycles. The second-order valence-electron chi connectivity index (χ2n) is 6.80. The van der Waals surface area contributed by atoms with E-state index >= 15 is 0 Å². The molecular weight excluding hydrogens is 361 g/mol. The molecule has 1 amide bonds. The van der Waals surface area contributed by atoms with Crippen molar-refractivity contribution in [2.45, 2.75) is 31.7 Å². The zero-order chi connectivity index (χ0) is 16.9. The maximum absolute atomic E-state index is 12.2. The zero-order valence-electron chi connectivity index (χ0n) is 14.6. The number of ether oxygens (including phenoxy) is 1. The van der Waals surface area contributed by atoms with Gasteiger partial charge in [0.2, 0.25) is 5.91 Å². The Kier molecular flexibility index (Phi) is 7.81. The summed E-state index contributed by atoms with van der Waals surface area (Å²) in [7, 11) is 1.57. The molecule has 1 aromatic carbocycles. The SMILES string of the molecule is COc1ccc(NC(=O)CN2CCC(NCC3CC3)CC2)cc1Cl.Cl. The van der Waals surface area contributed by atoms with Gasteiger partial charge in [0.15, 0.2) is 0 Å². The van der Waals surface area contributed by atoms with E-state index in [-0.39, 0.29) is 18.3 Å². The summed E-state index contributed by atoms with van der Waals surface area (Å²) in [5, 5.41) is 7.06. The van der Waals surface area contributed by atoms with Crippen molar-refractivity contribution in [2.24, 2.45) is 5.92 Å². The molecule has 3 rings (SSSR count). The van der Waals surface area contributed by atoms with Crippen LogP contribution in [0.1, 0.15) is 25.7 Å². The molecule has 0 unspecified atom stereocenters. The molecule has 2 N–H and O–H groups in total. The van der Waals surface area contributed by atoms with E-state index < -0.39 is 0 Å². The number of benzene rings is 1. The average Bonchev–Trinajstić information content (AvgIpc) is 3.39. The van der Waals surface area contributed by atoms with Crippen molar-refractivity contribution in [3.05, 3.63) is 23.2 Å². The molecule has 1 saturated carbocycles. The van der Waals surface area contributed by atoms with E-state index in [1.807, 2.05) is 0 Å². The van der Waals surface area contributed by atoms with E-state index in [0.717, 1.165) is 31.8 Å². The van der Waals surface area contributed by atoms with Gasteiger partial charge in [0.05, 0.1) is 18.7 Å². The highest BCUT2D eigenvalue weighted by atomic mass is 35.5. The number of methoxy groups -OCH3 is 1. The number of likely N-dealkylation sites (tertiary alicyclic amines) is 1. The fourth-order valence-corrected chi connectivity index (χ4v) is 3.36. The van der Waals surface area contributed by atoms with Gasteiger partial charge in [0.1, 0.15) is 5.75 Å². The number of hydrogen-bond acceptors (Lipinski definition) is 4. The van der Waals surface area contributed by atoms with Gasteiger partial charge < -0.3 is 15.4 Å². The predicted octanol–water partition coefficient (Wildman–Crippen LogP) is 3.17. The van der Waals surface area contributed by atoms with E-state index in [1.165, 1.54) is 19.4 Å². The summed E-state index contributed by atoms with van der Waals surface area (Å²) in [5.41, 5.74) is 0.701. The van der Waals surface area contributed by atoms with Gasteiger partial charge in [-0.2, -0.15) is 0 Å². The van der Waals surface area contributed by atoms with Crippen molar-refractivity contribution in [1.82, 2.24) is 10.2 Å². The number of nitrogens with one attached hydrogen (secondary N) is 2. The lowest BCUT2D eigenvalue weighted by atomic mass is 10.0. The molecule has 2 fully saturated rings. The van der Waals surface area contributed by atoms with Gasteiger partial charge >= 0.3 is 0 Å². The van der Waals surface area contributed by atoms with Crippen LogP contribution in [0.15, 0.2) is 18.2 Å². The van der Waals surface area contributed by atoms with E-state index in [0.29, 0.717) is 29.0 Å². The molecule has 1 heterocycles. The lowest BCUT2D eigenvalue weighted by Crippen LogP contribution is -2.45. The van der Waals surface area contributed by atoms with E-state index in [1.54, 1.807) is 25.3 Å². The number of hydrogen-bond donors (Lipinski definition) is 2. The number of anilines is 1. The van der Waals surface area contributed by atoms with Crippen molar-refractivity contribution >= 4 is 35.6 Å². The van der Waals surface area contributed by atoms with Crippen molar-refractivity contribution in [3.63, 3.8) is 0 Å². The second-order valence-corrected chi connectivity index (χ2v) is 7.21. The molecular formula is C18H27Cl2N3O2. The van der Waals surface area contributed by atoms with Crippen molar-refractivity contribution in [3.8, 4) is 5.75 Å². The van der Waals surface area contributed by atoms with Gasteiger partial charge in [-0.25, -0.2) is 0 Å². The summed E-state index contributed by atoms with van der Waals surface area (Å²) < 4.78 is 5.12. The molecule has 7 heteroatoms. The van der Waals surface area contributed by atoms with Crippen LogP contribution in [-0.2, 0) is 4.79 Å². The highest BCUT2D eigenvalue weighted by molar-refractivity contribution is 6.32. The maximum atomic E-state index is 12.2. The Morgan fingerprint density at radius 3 is 2.60 bits per heavy atom. The molecule has 0 atom stereocenters. The van der Waals surface area contributed by atoms with Crippen LogP contribution in [0.3, 0.4) is 0 Å². The first-order valence-electron chi connectivity index (χ1n) is 8.73. The highest BCUT2D eigenvalue weighted by Gasteiger charge is 2.25. The summed E-state index contributed by atoms with van der Waals surface area (Å²) in [5.74, 6) is 1.53. The lowest BCUT2D eigenvalue weighted by Gasteiger charge is -2.32. The quantitative estimate of drug-likeness (QED) is 0.754. The number of carbonyl (C=O) groups excluding carboxylic acids is 1. The largest absolute Gasteiger partial charge is 0.495 e. The molecule has 5 nitrogen and oxygen atoms in total. The Hall–Kier alpha value is -1.01. The van der Waals surface area contributed by atoms with Crippen LogP contribution in [0.5, 0.6) is 5.75 Å². The molecule has 1 aliphatic heterocycles. The van der Waals surface area contributed by atoms with Crippen LogP contribution < -0.4 is 15.4 Å². The van der Waals surface area contributed by atoms with Crippen LogP contribution in [0.25, 0.3) is 0 Å². The van der Waals surface area contributed by atoms with Crippen LogP contribution >= 0.6 is 24.0 Å². The molecule has 0 aromatic heterocycles. The normalized spacial score (nSPS) is 18.5. The number of carbonyl (C=O) groups is 1. The first-order valence-corrected chi connectivity index (χ1v) is 9.11. The van der Waals surface area contributed by atoms with Crippen molar-refractivity contribution < 1.29 is 9.53 Å². The van der Waals surface area contributed by atoms with Gasteiger partial charge in [0.25, 0.3) is 0 Å². The van der Waals surface area contributed by atoms with Crippen LogP contribution in [0.2, 0.25) is 5.02 Å². The first-order chi connectivity index (χ1) is 11.6. The maximum Gasteiger partial charge on any atom is 0.238 e.